The molecule has 0 unspecified atom stereocenters. The molecule has 0 fully saturated rings. The number of benzene rings is 1. The van der Waals surface area contributed by atoms with E-state index >= 15 is 0 Å². The van der Waals surface area contributed by atoms with Gasteiger partial charge in [-0.2, -0.15) is 5.56 Å². The number of hydrogen-bond acceptors (Lipinski definition) is 0. The first kappa shape index (κ1) is 34.6. The van der Waals surface area contributed by atoms with Gasteiger partial charge >= 0.3 is 25.3 Å². The Balaban J connectivity index is -0.000000146. The Hall–Kier alpha value is 0.109. The molecule has 0 aliphatic heterocycles. The number of hydrogen-bond donors (Lipinski definition) is 0. The van der Waals surface area contributed by atoms with Crippen LogP contribution < -0.4 is 0 Å². The minimum absolute atomic E-state index is 0. The second-order valence-electron chi connectivity index (χ2n) is 7.63. The van der Waals surface area contributed by atoms with Crippen LogP contribution in [0.25, 0.3) is 21.8 Å². The van der Waals surface area contributed by atoms with Crippen molar-refractivity contribution < 1.29 is 19.8 Å². The summed E-state index contributed by atoms with van der Waals surface area (Å²) in [6, 6.07) is 11.8. The third kappa shape index (κ3) is 20.7. The van der Waals surface area contributed by atoms with Gasteiger partial charge in [0, 0.05) is 0 Å². The van der Waals surface area contributed by atoms with Crippen LogP contribution in [-0.2, 0) is 19.8 Å². The molecular weight excluding hydrogens is 410 g/mol. The summed E-state index contributed by atoms with van der Waals surface area (Å²) >= 11 is 1.50. The number of rotatable bonds is 2. The van der Waals surface area contributed by atoms with Crippen LogP contribution in [0, 0.1) is 13.8 Å². The predicted molar refractivity (Wildman–Crippen MR) is 127 cm³/mol. The Morgan fingerprint density at radius 1 is 0.963 bits per heavy atom. The maximum atomic E-state index is 6.94. The molecule has 2 nitrogen and oxygen atoms in total. The molecule has 2 aromatic rings. The molecule has 0 aliphatic carbocycles. The van der Waals surface area contributed by atoms with Gasteiger partial charge in [0.2, 0.25) is 0 Å². The third-order valence-electron chi connectivity index (χ3n) is 2.92. The Bertz CT molecular complexity index is 581. The fourth-order valence-electron chi connectivity index (χ4n) is 2.11. The summed E-state index contributed by atoms with van der Waals surface area (Å²) in [6.07, 6.45) is 0. The molecule has 0 heterocycles. The summed E-state index contributed by atoms with van der Waals surface area (Å²) in [5.41, 5.74) is 14.0. The zero-order chi connectivity index (χ0) is 20.2. The fourth-order valence-corrected chi connectivity index (χ4v) is 2.11. The Kier molecular flexibility index (Phi) is 23.3. The molecule has 0 saturated heterocycles. The van der Waals surface area contributed by atoms with Crippen LogP contribution >= 0.6 is 24.8 Å². The van der Waals surface area contributed by atoms with Crippen LogP contribution in [0.4, 0.5) is 0 Å². The van der Waals surface area contributed by atoms with E-state index in [1.807, 2.05) is 20.8 Å². The Labute approximate surface area is 192 Å². The van der Waals surface area contributed by atoms with Crippen LogP contribution in [0.3, 0.4) is 0 Å². The van der Waals surface area contributed by atoms with E-state index in [2.05, 4.69) is 82.8 Å². The van der Waals surface area contributed by atoms with Gasteiger partial charge < -0.3 is 11.1 Å². The van der Waals surface area contributed by atoms with Gasteiger partial charge in [-0.25, -0.2) is 0 Å². The van der Waals surface area contributed by atoms with Crippen LogP contribution in [0.5, 0.6) is 0 Å². The van der Waals surface area contributed by atoms with Gasteiger partial charge in [0.1, 0.15) is 0 Å². The second-order valence-corrected chi connectivity index (χ2v) is 7.63. The van der Waals surface area contributed by atoms with Gasteiger partial charge in [-0.1, -0.05) is 68.4 Å². The molecule has 1 radical (unpaired) electrons. The topological polar surface area (TPSA) is 37.9 Å². The van der Waals surface area contributed by atoms with Gasteiger partial charge in [0.15, 0.2) is 0 Å². The second kappa shape index (κ2) is 18.2. The number of nitrogens with one attached hydrogen (secondary N) is 1. The molecule has 0 spiro atoms. The van der Waals surface area contributed by atoms with Crippen molar-refractivity contribution in [3.05, 3.63) is 52.5 Å². The van der Waals surface area contributed by atoms with E-state index in [0.717, 1.165) is 0 Å². The van der Waals surface area contributed by atoms with Gasteiger partial charge in [-0.15, -0.1) is 83.0 Å². The third-order valence-corrected chi connectivity index (χ3v) is 2.92. The van der Waals surface area contributed by atoms with Crippen LogP contribution in [0.15, 0.2) is 30.3 Å². The van der Waals surface area contributed by atoms with Crippen molar-refractivity contribution in [2.75, 3.05) is 0 Å². The molecule has 0 aliphatic rings. The van der Waals surface area contributed by atoms with Crippen molar-refractivity contribution in [2.24, 2.45) is 0 Å². The van der Waals surface area contributed by atoms with Gasteiger partial charge in [-0.3, -0.25) is 0 Å². The first-order chi connectivity index (χ1) is 11.4. The van der Waals surface area contributed by atoms with Gasteiger partial charge in [0.05, 0.1) is 0 Å². The van der Waals surface area contributed by atoms with E-state index in [1.165, 1.54) is 41.7 Å². The van der Waals surface area contributed by atoms with E-state index in [1.54, 1.807) is 0 Å². The van der Waals surface area contributed by atoms with Crippen molar-refractivity contribution in [1.82, 2.24) is 0 Å². The van der Waals surface area contributed by atoms with E-state index in [0.29, 0.717) is 12.1 Å². The molecule has 0 aromatic heterocycles. The van der Waals surface area contributed by atoms with Gasteiger partial charge in [-0.05, 0) is 0 Å². The first-order valence-corrected chi connectivity index (χ1v) is 9.67. The molecule has 6 heteroatoms. The summed E-state index contributed by atoms with van der Waals surface area (Å²) in [6.45, 7) is 18.3. The SMILES string of the molecule is CC(C)(C)[NH-].CC(C)[N-]C(C)C.Cc1[cH-]c2ccccc2c1C.Cl.Cl.[B]=[Ti]. The van der Waals surface area contributed by atoms with Crippen molar-refractivity contribution in [1.29, 1.82) is 0 Å². The summed E-state index contributed by atoms with van der Waals surface area (Å²) in [5.74, 6) is 0. The molecule has 2 rings (SSSR count). The molecule has 0 bridgehead atoms. The zero-order valence-electron chi connectivity index (χ0n) is 18.4. The van der Waals surface area contributed by atoms with E-state index in [-0.39, 0.29) is 30.4 Å². The number of nitrogens with zero attached hydrogens (tertiary/aromatic N) is 1. The zero-order valence-corrected chi connectivity index (χ0v) is 21.6. The van der Waals surface area contributed by atoms with E-state index < -0.39 is 0 Å². The summed E-state index contributed by atoms with van der Waals surface area (Å²) in [5, 5.41) is 7.03. The molecule has 27 heavy (non-hydrogen) atoms. The molecule has 1 N–H and O–H groups in total. The van der Waals surface area contributed by atoms with Crippen molar-refractivity contribution in [3.8, 4) is 0 Å². The van der Waals surface area contributed by atoms with Crippen LogP contribution in [0.2, 0.25) is 0 Å². The van der Waals surface area contributed by atoms with E-state index in [9.17, 15) is 0 Å². The number of halogens is 2. The normalized spacial score (nSPS) is 9.56. The number of aryl methyl sites for hydroxylation is 2. The molecule has 155 valence electrons. The predicted octanol–water partition coefficient (Wildman–Crippen LogP) is 7.65. The number of fused-ring (bicyclic) bond motifs is 1. The quantitative estimate of drug-likeness (QED) is 0.335. The Morgan fingerprint density at radius 3 is 1.63 bits per heavy atom. The van der Waals surface area contributed by atoms with Crippen LogP contribution in [-0.4, -0.2) is 23.2 Å². The molecule has 0 amide bonds. The minimum atomic E-state index is -0.250. The summed E-state index contributed by atoms with van der Waals surface area (Å²) in [4.78, 5) is 0. The van der Waals surface area contributed by atoms with Crippen molar-refractivity contribution in [2.45, 2.75) is 79.9 Å². The van der Waals surface area contributed by atoms with E-state index in [4.69, 9.17) is 5.73 Å². The first-order valence-electron chi connectivity index (χ1n) is 8.77. The average molecular weight is 447 g/mol. The molecule has 2 aromatic carbocycles. The van der Waals surface area contributed by atoms with Crippen molar-refractivity contribution >= 4 is 41.2 Å². The summed E-state index contributed by atoms with van der Waals surface area (Å²) < 4.78 is 0. The van der Waals surface area contributed by atoms with Crippen LogP contribution in [0.1, 0.15) is 59.6 Å². The maximum absolute atomic E-state index is 6.94. The molecule has 0 atom stereocenters. The summed E-state index contributed by atoms with van der Waals surface area (Å²) in [7, 11) is 0. The average Bonchev–Trinajstić information content (AvgIpc) is 2.74. The van der Waals surface area contributed by atoms with Crippen molar-refractivity contribution in [3.63, 3.8) is 0 Å². The standard InChI is InChI=1S/C11H11.C6H14N.C4H10N.B.2ClH.Ti/c1-8-7-10-5-3-4-6-11(10)9(8)2;1-5(2)7-6(3)4;1-4(2,3)5;;;;/h3-7H,1-2H3;5-6H,1-4H3;5H,1-3H3;;2*1H;/q3*-1;;;;. The Morgan fingerprint density at radius 2 is 1.33 bits per heavy atom. The van der Waals surface area contributed by atoms with Gasteiger partial charge in [0.25, 0.3) is 0 Å². The monoisotopic (exact) mass is 446 g/mol. The fraction of sp³-hybridized carbons (Fsp3) is 0.571. The molecular formula is C21H37BCl2N2Ti-3. The molecule has 0 saturated carbocycles.